The summed E-state index contributed by atoms with van der Waals surface area (Å²) in [6.45, 7) is 0.193. The first-order valence-electron chi connectivity index (χ1n) is 11.4. The first-order valence-corrected chi connectivity index (χ1v) is 13.2. The number of hydrogen-bond acceptors (Lipinski definition) is 4. The van der Waals surface area contributed by atoms with Gasteiger partial charge in [0.1, 0.15) is 0 Å². The molecule has 1 heterocycles. The van der Waals surface area contributed by atoms with Crippen molar-refractivity contribution >= 4 is 21.4 Å². The Bertz CT molecular complexity index is 985. The fourth-order valence-electron chi connectivity index (χ4n) is 4.98. The third-order valence-corrected chi connectivity index (χ3v) is 8.29. The van der Waals surface area contributed by atoms with E-state index in [-0.39, 0.29) is 36.0 Å². The molecule has 0 unspecified atom stereocenters. The van der Waals surface area contributed by atoms with Crippen LogP contribution in [0.1, 0.15) is 49.7 Å². The number of para-hydroxylation sites is 1. The van der Waals surface area contributed by atoms with E-state index in [0.717, 1.165) is 43.4 Å². The van der Waals surface area contributed by atoms with Crippen molar-refractivity contribution in [2.75, 3.05) is 23.4 Å². The van der Waals surface area contributed by atoms with Crippen molar-refractivity contribution < 1.29 is 13.2 Å². The van der Waals surface area contributed by atoms with E-state index < -0.39 is 9.84 Å². The van der Waals surface area contributed by atoms with Crippen LogP contribution in [0.5, 0.6) is 0 Å². The van der Waals surface area contributed by atoms with Crippen LogP contribution in [0.4, 0.5) is 5.69 Å². The second kappa shape index (κ2) is 9.86. The summed E-state index contributed by atoms with van der Waals surface area (Å²) < 4.78 is 24.2. The minimum absolute atomic E-state index is 0.0171. The molecular weight excluding hydrogens is 408 g/mol. The van der Waals surface area contributed by atoms with Gasteiger partial charge in [-0.05, 0) is 42.9 Å². The number of nitrogens with one attached hydrogen (secondary N) is 1. The zero-order valence-electron chi connectivity index (χ0n) is 18.0. The maximum atomic E-state index is 13.4. The van der Waals surface area contributed by atoms with Gasteiger partial charge in [0.05, 0.1) is 18.1 Å². The van der Waals surface area contributed by atoms with E-state index in [4.69, 9.17) is 0 Å². The lowest BCUT2D eigenvalue weighted by molar-refractivity contribution is -0.134. The summed E-state index contributed by atoms with van der Waals surface area (Å²) >= 11 is 0. The Hall–Kier alpha value is -2.34. The number of nitrogens with zero attached hydrogens (tertiary/aromatic N) is 1. The second-order valence-corrected chi connectivity index (χ2v) is 11.1. The van der Waals surface area contributed by atoms with E-state index in [9.17, 15) is 13.2 Å². The van der Waals surface area contributed by atoms with Crippen molar-refractivity contribution in [3.8, 4) is 0 Å². The molecule has 6 heteroatoms. The van der Waals surface area contributed by atoms with Crippen molar-refractivity contribution in [1.82, 2.24) is 4.90 Å². The molecule has 1 amide bonds. The average Bonchev–Trinajstić information content (AvgIpc) is 3.14. The summed E-state index contributed by atoms with van der Waals surface area (Å²) in [7, 11) is -3.04. The summed E-state index contributed by atoms with van der Waals surface area (Å²) in [6.07, 6.45) is 6.75. The zero-order chi connectivity index (χ0) is 21.7. The summed E-state index contributed by atoms with van der Waals surface area (Å²) in [6, 6.07) is 18.4. The van der Waals surface area contributed by atoms with E-state index in [1.807, 2.05) is 41.3 Å². The molecule has 1 atom stereocenters. The number of anilines is 1. The van der Waals surface area contributed by atoms with Crippen LogP contribution >= 0.6 is 0 Å². The molecule has 2 aromatic carbocycles. The standard InChI is InChI=1S/C25H32N2O3S/c28-25(27(22-12-5-2-6-13-22)23-15-16-31(29,30)19-23)18-26-24-14-8-7-11-21(24)17-20-9-3-1-4-10-20/h1,3-4,7-11,14,22-23,26H,2,5-6,12-13,15-19H2/t23-/m0/s1. The Labute approximate surface area is 185 Å². The van der Waals surface area contributed by atoms with Crippen molar-refractivity contribution in [3.05, 3.63) is 65.7 Å². The third kappa shape index (κ3) is 5.67. The Morgan fingerprint density at radius 1 is 0.903 bits per heavy atom. The number of hydrogen-bond donors (Lipinski definition) is 1. The van der Waals surface area contributed by atoms with Gasteiger partial charge in [-0.1, -0.05) is 67.8 Å². The fraction of sp³-hybridized carbons (Fsp3) is 0.480. The third-order valence-electron chi connectivity index (χ3n) is 6.54. The van der Waals surface area contributed by atoms with Gasteiger partial charge in [0.2, 0.25) is 5.91 Å². The molecule has 0 spiro atoms. The van der Waals surface area contributed by atoms with Crippen LogP contribution < -0.4 is 5.32 Å². The molecule has 1 saturated carbocycles. The molecule has 0 radical (unpaired) electrons. The molecule has 1 aliphatic heterocycles. The molecule has 0 aromatic heterocycles. The molecule has 2 aromatic rings. The zero-order valence-corrected chi connectivity index (χ0v) is 18.8. The molecule has 166 valence electrons. The largest absolute Gasteiger partial charge is 0.376 e. The quantitative estimate of drug-likeness (QED) is 0.706. The van der Waals surface area contributed by atoms with Gasteiger partial charge in [0.15, 0.2) is 9.84 Å². The van der Waals surface area contributed by atoms with Crippen LogP contribution in [-0.2, 0) is 21.1 Å². The van der Waals surface area contributed by atoms with Crippen LogP contribution in [0, 0.1) is 0 Å². The Balaban J connectivity index is 1.47. The van der Waals surface area contributed by atoms with Gasteiger partial charge in [-0.25, -0.2) is 8.42 Å². The summed E-state index contributed by atoms with van der Waals surface area (Å²) in [4.78, 5) is 15.3. The smallest absolute Gasteiger partial charge is 0.242 e. The van der Waals surface area contributed by atoms with Crippen LogP contribution in [0.25, 0.3) is 0 Å². The highest BCUT2D eigenvalue weighted by Gasteiger charge is 2.38. The maximum absolute atomic E-state index is 13.4. The predicted octanol–water partition coefficient (Wildman–Crippen LogP) is 4.04. The fourth-order valence-corrected chi connectivity index (χ4v) is 6.70. The highest BCUT2D eigenvalue weighted by molar-refractivity contribution is 7.91. The van der Waals surface area contributed by atoms with Crippen LogP contribution in [0.15, 0.2) is 54.6 Å². The van der Waals surface area contributed by atoms with Crippen molar-refractivity contribution in [2.45, 2.75) is 57.0 Å². The van der Waals surface area contributed by atoms with E-state index in [2.05, 4.69) is 23.5 Å². The topological polar surface area (TPSA) is 66.5 Å². The van der Waals surface area contributed by atoms with E-state index in [1.165, 1.54) is 12.0 Å². The lowest BCUT2D eigenvalue weighted by Crippen LogP contribution is -2.50. The molecule has 0 bridgehead atoms. The van der Waals surface area contributed by atoms with Crippen molar-refractivity contribution in [3.63, 3.8) is 0 Å². The highest BCUT2D eigenvalue weighted by atomic mass is 32.2. The number of benzene rings is 2. The monoisotopic (exact) mass is 440 g/mol. The van der Waals surface area contributed by atoms with Crippen LogP contribution in [0.2, 0.25) is 0 Å². The summed E-state index contributed by atoms with van der Waals surface area (Å²) in [5, 5.41) is 3.36. The van der Waals surface area contributed by atoms with Gasteiger partial charge in [0.25, 0.3) is 0 Å². The second-order valence-electron chi connectivity index (χ2n) is 8.82. The summed E-state index contributed by atoms with van der Waals surface area (Å²) in [5.74, 6) is 0.324. The van der Waals surface area contributed by atoms with E-state index >= 15 is 0 Å². The average molecular weight is 441 g/mol. The van der Waals surface area contributed by atoms with Crippen LogP contribution in [-0.4, -0.2) is 49.4 Å². The van der Waals surface area contributed by atoms with Gasteiger partial charge in [-0.2, -0.15) is 0 Å². The normalized spacial score (nSPS) is 21.0. The molecule has 1 saturated heterocycles. The highest BCUT2D eigenvalue weighted by Crippen LogP contribution is 2.28. The molecule has 5 nitrogen and oxygen atoms in total. The Kier molecular flexibility index (Phi) is 6.96. The van der Waals surface area contributed by atoms with E-state index in [0.29, 0.717) is 6.42 Å². The minimum atomic E-state index is -3.04. The molecule has 2 aliphatic rings. The number of rotatable bonds is 7. The predicted molar refractivity (Wildman–Crippen MR) is 125 cm³/mol. The Morgan fingerprint density at radius 2 is 1.61 bits per heavy atom. The molecular formula is C25H32N2O3S. The van der Waals surface area contributed by atoms with Gasteiger partial charge in [0, 0.05) is 17.8 Å². The minimum Gasteiger partial charge on any atom is -0.376 e. The van der Waals surface area contributed by atoms with Gasteiger partial charge in [-0.3, -0.25) is 4.79 Å². The molecule has 1 aliphatic carbocycles. The van der Waals surface area contributed by atoms with Gasteiger partial charge in [-0.15, -0.1) is 0 Å². The molecule has 31 heavy (non-hydrogen) atoms. The lowest BCUT2D eigenvalue weighted by atomic mass is 9.93. The summed E-state index contributed by atoms with van der Waals surface area (Å²) in [5.41, 5.74) is 3.33. The molecule has 1 N–H and O–H groups in total. The lowest BCUT2D eigenvalue weighted by Gasteiger charge is -2.38. The number of carbonyl (C=O) groups excluding carboxylic acids is 1. The van der Waals surface area contributed by atoms with Gasteiger partial charge < -0.3 is 10.2 Å². The maximum Gasteiger partial charge on any atom is 0.242 e. The van der Waals surface area contributed by atoms with Gasteiger partial charge >= 0.3 is 0 Å². The van der Waals surface area contributed by atoms with E-state index in [1.54, 1.807) is 0 Å². The molecule has 2 fully saturated rings. The number of amides is 1. The molecule has 4 rings (SSSR count). The number of sulfone groups is 1. The van der Waals surface area contributed by atoms with Crippen molar-refractivity contribution in [1.29, 1.82) is 0 Å². The number of carbonyl (C=O) groups is 1. The Morgan fingerprint density at radius 3 is 2.32 bits per heavy atom. The SMILES string of the molecule is O=C(CNc1ccccc1Cc1ccccc1)N(C1CCCCC1)[C@H]1CCS(=O)(=O)C1. The first-order chi connectivity index (χ1) is 15.0. The van der Waals surface area contributed by atoms with Crippen molar-refractivity contribution in [2.24, 2.45) is 0 Å². The first kappa shape index (κ1) is 21.9. The van der Waals surface area contributed by atoms with Crippen LogP contribution in [0.3, 0.4) is 0 Å².